The van der Waals surface area contributed by atoms with Crippen molar-refractivity contribution in [1.29, 1.82) is 0 Å². The number of methoxy groups -OCH3 is 1. The first-order valence-corrected chi connectivity index (χ1v) is 13.4. The predicted octanol–water partition coefficient (Wildman–Crippen LogP) is 6.99. The van der Waals surface area contributed by atoms with Crippen LogP contribution < -0.4 is 10.1 Å². The van der Waals surface area contributed by atoms with Crippen molar-refractivity contribution in [2.24, 2.45) is 11.3 Å². The van der Waals surface area contributed by atoms with E-state index in [-0.39, 0.29) is 29.0 Å². The number of amides is 1. The summed E-state index contributed by atoms with van der Waals surface area (Å²) in [6, 6.07) is 17.2. The number of carbonyl (C=O) groups excluding carboxylic acids is 1. The maximum atomic E-state index is 14.1. The molecular weight excluding hydrogens is 432 g/mol. The van der Waals surface area contributed by atoms with Crippen molar-refractivity contribution in [3.05, 3.63) is 65.2 Å². The second-order valence-corrected chi connectivity index (χ2v) is 12.4. The van der Waals surface area contributed by atoms with Crippen molar-refractivity contribution >= 4 is 5.91 Å². The largest absolute Gasteiger partial charge is 0.496 e. The third-order valence-electron chi connectivity index (χ3n) is 8.05. The molecule has 1 saturated carbocycles. The number of hydrogen-bond donors (Lipinski definition) is 1. The van der Waals surface area contributed by atoms with Gasteiger partial charge in [-0.05, 0) is 60.1 Å². The minimum absolute atomic E-state index is 0.0285. The molecule has 4 nitrogen and oxygen atoms in total. The molecule has 1 amide bonds. The van der Waals surface area contributed by atoms with E-state index >= 15 is 0 Å². The van der Waals surface area contributed by atoms with Crippen molar-refractivity contribution in [3.8, 4) is 5.75 Å². The standard InChI is InChI=1S/C31H44N2O2/c1-30(2,3)25-14-16-27(35-6)24(19-25)21-32-28-17-15-26(22-11-8-7-9-12-22)33(28)29(34)23-13-10-18-31(4,5)20-23/h7-9,11-12,14,16,19,23,26,28,32H,10,13,15,17-18,20-21H2,1-6H3. The zero-order chi connectivity index (χ0) is 25.2. The van der Waals surface area contributed by atoms with Crippen LogP contribution in [0.25, 0.3) is 0 Å². The van der Waals surface area contributed by atoms with Crippen LogP contribution in [0, 0.1) is 11.3 Å². The van der Waals surface area contributed by atoms with Gasteiger partial charge in [0.2, 0.25) is 5.91 Å². The molecule has 1 saturated heterocycles. The van der Waals surface area contributed by atoms with Gasteiger partial charge in [-0.25, -0.2) is 0 Å². The quantitative estimate of drug-likeness (QED) is 0.488. The molecule has 2 fully saturated rings. The Kier molecular flexibility index (Phi) is 7.61. The highest BCUT2D eigenvalue weighted by Crippen LogP contribution is 2.43. The Morgan fingerprint density at radius 3 is 2.49 bits per heavy atom. The summed E-state index contributed by atoms with van der Waals surface area (Å²) in [6.45, 7) is 12.0. The summed E-state index contributed by atoms with van der Waals surface area (Å²) in [6.07, 6.45) is 6.32. The first-order chi connectivity index (χ1) is 16.6. The van der Waals surface area contributed by atoms with Crippen LogP contribution in [0.15, 0.2) is 48.5 Å². The molecule has 4 heteroatoms. The summed E-state index contributed by atoms with van der Waals surface area (Å²) in [5.74, 6) is 1.35. The molecule has 1 heterocycles. The highest BCUT2D eigenvalue weighted by Gasteiger charge is 2.42. The number of hydrogen-bond acceptors (Lipinski definition) is 3. The molecule has 3 unspecified atom stereocenters. The van der Waals surface area contributed by atoms with Crippen LogP contribution in [0.2, 0.25) is 0 Å². The molecule has 0 spiro atoms. The predicted molar refractivity (Wildman–Crippen MR) is 143 cm³/mol. The normalized spacial score (nSPS) is 24.4. The summed E-state index contributed by atoms with van der Waals surface area (Å²) >= 11 is 0. The second kappa shape index (κ2) is 10.3. The van der Waals surface area contributed by atoms with E-state index in [1.807, 2.05) is 0 Å². The van der Waals surface area contributed by atoms with E-state index in [9.17, 15) is 4.79 Å². The first-order valence-electron chi connectivity index (χ1n) is 13.4. The lowest BCUT2D eigenvalue weighted by molar-refractivity contribution is -0.141. The molecule has 3 atom stereocenters. The van der Waals surface area contributed by atoms with Crippen LogP contribution in [0.1, 0.15) is 95.9 Å². The van der Waals surface area contributed by atoms with Gasteiger partial charge in [0, 0.05) is 18.0 Å². The zero-order valence-corrected chi connectivity index (χ0v) is 22.6. The minimum atomic E-state index is 0.0285. The molecule has 2 aromatic carbocycles. The van der Waals surface area contributed by atoms with Gasteiger partial charge in [-0.3, -0.25) is 10.1 Å². The van der Waals surface area contributed by atoms with Crippen molar-refractivity contribution < 1.29 is 9.53 Å². The van der Waals surface area contributed by atoms with Gasteiger partial charge in [0.1, 0.15) is 5.75 Å². The van der Waals surface area contributed by atoms with Gasteiger partial charge < -0.3 is 9.64 Å². The van der Waals surface area contributed by atoms with Crippen LogP contribution in [0.5, 0.6) is 5.75 Å². The molecule has 2 aliphatic rings. The molecule has 190 valence electrons. The topological polar surface area (TPSA) is 41.6 Å². The summed E-state index contributed by atoms with van der Waals surface area (Å²) < 4.78 is 5.69. The number of carbonyl (C=O) groups is 1. The van der Waals surface area contributed by atoms with Gasteiger partial charge in [-0.15, -0.1) is 0 Å². The van der Waals surface area contributed by atoms with Crippen molar-refractivity contribution in [2.45, 2.75) is 97.3 Å². The fourth-order valence-electron chi connectivity index (χ4n) is 6.05. The SMILES string of the molecule is COc1ccc(C(C)(C)C)cc1CNC1CCC(c2ccccc2)N1C(=O)C1CCCC(C)(C)C1. The first kappa shape index (κ1) is 25.8. The van der Waals surface area contributed by atoms with Crippen LogP contribution in [-0.2, 0) is 16.8 Å². The lowest BCUT2D eigenvalue weighted by atomic mass is 9.72. The number of likely N-dealkylation sites (tertiary alicyclic amines) is 1. The average Bonchev–Trinajstić information content (AvgIpc) is 3.25. The lowest BCUT2D eigenvalue weighted by Gasteiger charge is -2.39. The molecule has 1 aliphatic carbocycles. The van der Waals surface area contributed by atoms with Crippen LogP contribution in [0.4, 0.5) is 0 Å². The summed E-state index contributed by atoms with van der Waals surface area (Å²) in [4.78, 5) is 16.3. The number of nitrogens with one attached hydrogen (secondary N) is 1. The lowest BCUT2D eigenvalue weighted by Crippen LogP contribution is -2.48. The fourth-order valence-corrected chi connectivity index (χ4v) is 6.05. The van der Waals surface area contributed by atoms with Gasteiger partial charge in [-0.2, -0.15) is 0 Å². The van der Waals surface area contributed by atoms with Crippen LogP contribution in [0.3, 0.4) is 0 Å². The van der Waals surface area contributed by atoms with E-state index in [0.717, 1.165) is 43.4 Å². The number of benzene rings is 2. The Morgan fingerprint density at radius 2 is 1.83 bits per heavy atom. The highest BCUT2D eigenvalue weighted by atomic mass is 16.5. The second-order valence-electron chi connectivity index (χ2n) is 12.4. The van der Waals surface area contributed by atoms with Crippen molar-refractivity contribution in [1.82, 2.24) is 10.2 Å². The number of ether oxygens (including phenoxy) is 1. The Bertz CT molecular complexity index is 1010. The Morgan fingerprint density at radius 1 is 1.09 bits per heavy atom. The minimum Gasteiger partial charge on any atom is -0.496 e. The van der Waals surface area contributed by atoms with Crippen molar-refractivity contribution in [3.63, 3.8) is 0 Å². The average molecular weight is 477 g/mol. The molecule has 1 N–H and O–H groups in total. The van der Waals surface area contributed by atoms with E-state index < -0.39 is 0 Å². The third-order valence-corrected chi connectivity index (χ3v) is 8.05. The van der Waals surface area contributed by atoms with E-state index in [4.69, 9.17) is 4.74 Å². The van der Waals surface area contributed by atoms with Crippen LogP contribution >= 0.6 is 0 Å². The molecule has 1 aliphatic heterocycles. The maximum Gasteiger partial charge on any atom is 0.227 e. The molecule has 35 heavy (non-hydrogen) atoms. The number of rotatable bonds is 6. The Labute approximate surface area is 212 Å². The fraction of sp³-hybridized carbons (Fsp3) is 0.581. The molecule has 0 bridgehead atoms. The highest BCUT2D eigenvalue weighted by molar-refractivity contribution is 5.80. The summed E-state index contributed by atoms with van der Waals surface area (Å²) in [5, 5.41) is 3.77. The van der Waals surface area contributed by atoms with Gasteiger partial charge in [-0.1, -0.05) is 83.5 Å². The van der Waals surface area contributed by atoms with E-state index in [0.29, 0.717) is 12.5 Å². The Balaban J connectivity index is 1.58. The number of nitrogens with zero attached hydrogens (tertiary/aromatic N) is 1. The molecule has 4 rings (SSSR count). The van der Waals surface area contributed by atoms with E-state index in [2.05, 4.69) is 93.4 Å². The van der Waals surface area contributed by atoms with Gasteiger partial charge in [0.05, 0.1) is 19.3 Å². The van der Waals surface area contributed by atoms with Gasteiger partial charge >= 0.3 is 0 Å². The summed E-state index contributed by atoms with van der Waals surface area (Å²) in [5.41, 5.74) is 4.00. The van der Waals surface area contributed by atoms with Gasteiger partial charge in [0.25, 0.3) is 0 Å². The summed E-state index contributed by atoms with van der Waals surface area (Å²) in [7, 11) is 1.73. The van der Waals surface area contributed by atoms with E-state index in [1.54, 1.807) is 7.11 Å². The van der Waals surface area contributed by atoms with E-state index in [1.165, 1.54) is 17.5 Å². The van der Waals surface area contributed by atoms with Gasteiger partial charge in [0.15, 0.2) is 0 Å². The maximum absolute atomic E-state index is 14.1. The molecule has 0 radical (unpaired) electrons. The third kappa shape index (κ3) is 5.91. The molecular formula is C31H44N2O2. The zero-order valence-electron chi connectivity index (χ0n) is 22.6. The smallest absolute Gasteiger partial charge is 0.227 e. The van der Waals surface area contributed by atoms with Crippen molar-refractivity contribution in [2.75, 3.05) is 7.11 Å². The monoisotopic (exact) mass is 476 g/mol. The molecule has 0 aromatic heterocycles. The molecule has 2 aromatic rings. The Hall–Kier alpha value is -2.33. The van der Waals surface area contributed by atoms with Crippen LogP contribution in [-0.4, -0.2) is 24.1 Å².